The molecule has 0 saturated heterocycles. The van der Waals surface area contributed by atoms with E-state index in [-0.39, 0.29) is 10.8 Å². The molecule has 0 amide bonds. The van der Waals surface area contributed by atoms with Crippen LogP contribution in [0, 0.1) is 16.2 Å². The minimum Gasteiger partial charge on any atom is -0.299 e. The summed E-state index contributed by atoms with van der Waals surface area (Å²) >= 11 is 0. The highest BCUT2D eigenvalue weighted by Crippen LogP contribution is 2.75. The van der Waals surface area contributed by atoms with Gasteiger partial charge in [0.1, 0.15) is 5.78 Å². The van der Waals surface area contributed by atoms with E-state index in [9.17, 15) is 4.79 Å². The van der Waals surface area contributed by atoms with E-state index in [4.69, 9.17) is 0 Å². The Hall–Kier alpha value is -0.590. The number of allylic oxidation sites excluding steroid dienone is 2. The fourth-order valence-corrected chi connectivity index (χ4v) is 5.00. The van der Waals surface area contributed by atoms with Gasteiger partial charge >= 0.3 is 0 Å². The zero-order valence-corrected chi connectivity index (χ0v) is 10.0. The largest absolute Gasteiger partial charge is 0.299 e. The summed E-state index contributed by atoms with van der Waals surface area (Å²) in [6.45, 7) is 6.81. The molecule has 3 aliphatic rings. The van der Waals surface area contributed by atoms with Crippen molar-refractivity contribution in [3.8, 4) is 0 Å². The first kappa shape index (κ1) is 9.62. The summed E-state index contributed by atoms with van der Waals surface area (Å²) in [6, 6.07) is 0. The topological polar surface area (TPSA) is 17.1 Å². The molecule has 0 radical (unpaired) electrons. The lowest BCUT2D eigenvalue weighted by Gasteiger charge is -2.43. The Kier molecular flexibility index (Phi) is 1.53. The van der Waals surface area contributed by atoms with Gasteiger partial charge in [0.25, 0.3) is 0 Å². The highest BCUT2D eigenvalue weighted by Gasteiger charge is 2.71. The monoisotopic (exact) mass is 204 g/mol. The Morgan fingerprint density at radius 1 is 1.27 bits per heavy atom. The summed E-state index contributed by atoms with van der Waals surface area (Å²) in [5.74, 6) is 0.538. The molecule has 3 rings (SSSR count). The number of hydrogen-bond acceptors (Lipinski definition) is 1. The fourth-order valence-electron chi connectivity index (χ4n) is 5.00. The highest BCUT2D eigenvalue weighted by atomic mass is 16.1. The maximum atomic E-state index is 12.4. The van der Waals surface area contributed by atoms with Crippen molar-refractivity contribution in [1.82, 2.24) is 0 Å². The lowest BCUT2D eigenvalue weighted by molar-refractivity contribution is -0.125. The smallest absolute Gasteiger partial charge is 0.144 e. The Balaban J connectivity index is 2.25. The van der Waals surface area contributed by atoms with E-state index in [1.165, 1.54) is 18.4 Å². The summed E-state index contributed by atoms with van der Waals surface area (Å²) in [7, 11) is 0. The number of carbonyl (C=O) groups is 1. The van der Waals surface area contributed by atoms with Crippen molar-refractivity contribution in [3.05, 3.63) is 11.6 Å². The van der Waals surface area contributed by atoms with Crippen molar-refractivity contribution in [2.24, 2.45) is 16.2 Å². The first-order chi connectivity index (χ1) is 6.96. The number of Topliss-reactive ketones (excluding diaryl/α,β-unsaturated/α-hetero) is 1. The van der Waals surface area contributed by atoms with Gasteiger partial charge in [-0.25, -0.2) is 0 Å². The van der Waals surface area contributed by atoms with E-state index >= 15 is 0 Å². The van der Waals surface area contributed by atoms with Crippen LogP contribution in [0.25, 0.3) is 0 Å². The van der Waals surface area contributed by atoms with Crippen molar-refractivity contribution in [3.63, 3.8) is 0 Å². The molecule has 82 valence electrons. The van der Waals surface area contributed by atoms with E-state index in [0.29, 0.717) is 11.2 Å². The molecule has 0 heterocycles. The second kappa shape index (κ2) is 2.39. The van der Waals surface area contributed by atoms with E-state index in [1.807, 2.05) is 0 Å². The summed E-state index contributed by atoms with van der Waals surface area (Å²) in [6.07, 6.45) is 7.94. The molecule has 0 bridgehead atoms. The number of carbonyl (C=O) groups excluding carboxylic acids is 1. The average Bonchev–Trinajstić information content (AvgIpc) is 2.68. The van der Waals surface area contributed by atoms with Crippen LogP contribution in [0.5, 0.6) is 0 Å². The first-order valence-electron chi connectivity index (χ1n) is 6.17. The van der Waals surface area contributed by atoms with Crippen molar-refractivity contribution in [2.45, 2.75) is 52.9 Å². The van der Waals surface area contributed by atoms with Crippen LogP contribution in [0.15, 0.2) is 11.6 Å². The van der Waals surface area contributed by atoms with Crippen LogP contribution >= 0.6 is 0 Å². The third-order valence-electron chi connectivity index (χ3n) is 5.78. The molecule has 1 heteroatoms. The molecule has 2 saturated carbocycles. The Bertz CT molecular complexity index is 377. The van der Waals surface area contributed by atoms with Crippen LogP contribution in [0.2, 0.25) is 0 Å². The molecule has 0 aromatic rings. The van der Waals surface area contributed by atoms with Gasteiger partial charge in [-0.15, -0.1) is 0 Å². The molecular weight excluding hydrogens is 184 g/mol. The number of rotatable bonds is 0. The second-order valence-corrected chi connectivity index (χ2v) is 6.42. The van der Waals surface area contributed by atoms with Crippen LogP contribution in [0.3, 0.4) is 0 Å². The van der Waals surface area contributed by atoms with Gasteiger partial charge in [-0.05, 0) is 37.0 Å². The van der Waals surface area contributed by atoms with Crippen molar-refractivity contribution in [1.29, 1.82) is 0 Å². The number of hydrogen-bond donors (Lipinski definition) is 0. The SMILES string of the molecule is CC1=CC[C@@]23CCC[C@@]12C(=O)CC3(C)C. The molecule has 1 nitrogen and oxygen atoms in total. The fraction of sp³-hybridized carbons (Fsp3) is 0.786. The Labute approximate surface area is 91.9 Å². The van der Waals surface area contributed by atoms with Crippen LogP contribution < -0.4 is 0 Å². The summed E-state index contributed by atoms with van der Waals surface area (Å²) < 4.78 is 0. The summed E-state index contributed by atoms with van der Waals surface area (Å²) in [5, 5.41) is 0. The molecule has 0 aromatic carbocycles. The van der Waals surface area contributed by atoms with Crippen molar-refractivity contribution >= 4 is 5.78 Å². The molecule has 0 aliphatic heterocycles. The van der Waals surface area contributed by atoms with Crippen molar-refractivity contribution < 1.29 is 4.79 Å². The van der Waals surface area contributed by atoms with E-state index < -0.39 is 0 Å². The molecule has 0 N–H and O–H groups in total. The first-order valence-corrected chi connectivity index (χ1v) is 6.17. The van der Waals surface area contributed by atoms with Gasteiger partial charge in [0.15, 0.2) is 0 Å². The van der Waals surface area contributed by atoms with Gasteiger partial charge in [0.2, 0.25) is 0 Å². The van der Waals surface area contributed by atoms with Gasteiger partial charge in [-0.3, -0.25) is 4.79 Å². The molecule has 0 spiro atoms. The van der Waals surface area contributed by atoms with Gasteiger partial charge in [-0.2, -0.15) is 0 Å². The van der Waals surface area contributed by atoms with Crippen molar-refractivity contribution in [2.75, 3.05) is 0 Å². The van der Waals surface area contributed by atoms with Gasteiger partial charge in [0, 0.05) is 6.42 Å². The molecule has 2 atom stereocenters. The van der Waals surface area contributed by atoms with Gasteiger partial charge in [-0.1, -0.05) is 31.9 Å². The quantitative estimate of drug-likeness (QED) is 0.552. The van der Waals surface area contributed by atoms with E-state index in [2.05, 4.69) is 26.8 Å². The second-order valence-electron chi connectivity index (χ2n) is 6.42. The van der Waals surface area contributed by atoms with Crippen LogP contribution in [-0.4, -0.2) is 5.78 Å². The predicted molar refractivity (Wildman–Crippen MR) is 60.5 cm³/mol. The van der Waals surface area contributed by atoms with Crippen LogP contribution in [0.4, 0.5) is 0 Å². The van der Waals surface area contributed by atoms with E-state index in [1.54, 1.807) is 0 Å². The molecule has 15 heavy (non-hydrogen) atoms. The third-order valence-corrected chi connectivity index (χ3v) is 5.78. The predicted octanol–water partition coefficient (Wildman–Crippen LogP) is 3.49. The van der Waals surface area contributed by atoms with Crippen LogP contribution in [-0.2, 0) is 4.79 Å². The molecule has 3 aliphatic carbocycles. The minimum atomic E-state index is -0.0312. The summed E-state index contributed by atoms with van der Waals surface area (Å²) in [4.78, 5) is 12.4. The Morgan fingerprint density at radius 3 is 2.67 bits per heavy atom. The average molecular weight is 204 g/mol. The molecule has 0 aromatic heterocycles. The van der Waals surface area contributed by atoms with Crippen LogP contribution in [0.1, 0.15) is 52.9 Å². The zero-order valence-electron chi connectivity index (χ0n) is 10.0. The minimum absolute atomic E-state index is 0.0312. The lowest BCUT2D eigenvalue weighted by Crippen LogP contribution is -2.40. The molecular formula is C14H20O. The normalized spacial score (nSPS) is 46.6. The maximum absolute atomic E-state index is 12.4. The van der Waals surface area contributed by atoms with Gasteiger partial charge in [0.05, 0.1) is 5.41 Å². The Morgan fingerprint density at radius 2 is 2.00 bits per heavy atom. The standard InChI is InChI=1S/C14H20O/c1-10-5-8-13-6-4-7-14(10,13)11(15)9-12(13,2)3/h5H,4,6-9H2,1-3H3/t13-,14+/m1/s1. The van der Waals surface area contributed by atoms with E-state index in [0.717, 1.165) is 19.3 Å². The summed E-state index contributed by atoms with van der Waals surface area (Å²) in [5.41, 5.74) is 1.86. The maximum Gasteiger partial charge on any atom is 0.144 e. The highest BCUT2D eigenvalue weighted by molar-refractivity contribution is 5.93. The zero-order chi connectivity index (χ0) is 10.9. The molecule has 2 fully saturated rings. The number of ketones is 1. The van der Waals surface area contributed by atoms with Gasteiger partial charge < -0.3 is 0 Å². The third kappa shape index (κ3) is 0.745. The molecule has 0 unspecified atom stereocenters. The lowest BCUT2D eigenvalue weighted by atomic mass is 9.59.